The van der Waals surface area contributed by atoms with Gasteiger partial charge in [-0.05, 0) is 49.7 Å². The molecule has 2 heterocycles. The van der Waals surface area contributed by atoms with E-state index in [4.69, 9.17) is 4.74 Å². The van der Waals surface area contributed by atoms with Crippen LogP contribution < -0.4 is 10.2 Å². The largest absolute Gasteiger partial charge is 0.452 e. The van der Waals surface area contributed by atoms with Crippen LogP contribution in [0.2, 0.25) is 0 Å². The number of carbonyl (C=O) groups is 4. The third-order valence-corrected chi connectivity index (χ3v) is 7.34. The van der Waals surface area contributed by atoms with E-state index in [1.807, 2.05) is 0 Å². The summed E-state index contributed by atoms with van der Waals surface area (Å²) in [6.07, 6.45) is 0.300. The standard InChI is InChI=1S/C22H20N2O7S/c1-22(10-11-32(29,30)13-22)23-18(25)12-31-21(28)14-6-8-15(9-7-14)24-19(26)16-4-2-3-5-17(16)20(24)27/h2-9H,10-13H2,1H3,(H,23,25). The van der Waals surface area contributed by atoms with Crippen molar-refractivity contribution in [2.75, 3.05) is 23.0 Å². The zero-order chi connectivity index (χ0) is 23.1. The van der Waals surface area contributed by atoms with E-state index < -0.39 is 45.7 Å². The summed E-state index contributed by atoms with van der Waals surface area (Å²) >= 11 is 0. The minimum Gasteiger partial charge on any atom is -0.452 e. The van der Waals surface area contributed by atoms with Crippen LogP contribution >= 0.6 is 0 Å². The Kier molecular flexibility index (Phi) is 5.33. The normalized spacial score (nSPS) is 21.3. The number of esters is 1. The second kappa shape index (κ2) is 7.86. The monoisotopic (exact) mass is 456 g/mol. The van der Waals surface area contributed by atoms with Gasteiger partial charge in [0.25, 0.3) is 17.7 Å². The number of benzene rings is 2. The molecular formula is C22H20N2O7S. The summed E-state index contributed by atoms with van der Waals surface area (Å²) in [7, 11) is -3.18. The Balaban J connectivity index is 1.36. The number of ether oxygens (including phenoxy) is 1. The van der Waals surface area contributed by atoms with Crippen molar-refractivity contribution in [3.8, 4) is 0 Å². The van der Waals surface area contributed by atoms with E-state index in [2.05, 4.69) is 5.32 Å². The quantitative estimate of drug-likeness (QED) is 0.531. The van der Waals surface area contributed by atoms with Crippen LogP contribution in [0.4, 0.5) is 5.69 Å². The van der Waals surface area contributed by atoms with E-state index in [1.165, 1.54) is 24.3 Å². The molecule has 4 rings (SSSR count). The second-order valence-electron chi connectivity index (χ2n) is 8.07. The highest BCUT2D eigenvalue weighted by Crippen LogP contribution is 2.28. The van der Waals surface area contributed by atoms with Crippen molar-refractivity contribution in [1.29, 1.82) is 0 Å². The lowest BCUT2D eigenvalue weighted by atomic mass is 10.0. The van der Waals surface area contributed by atoms with Gasteiger partial charge < -0.3 is 10.1 Å². The number of fused-ring (bicyclic) bond motifs is 1. The molecule has 2 aromatic carbocycles. The molecule has 10 heteroatoms. The third-order valence-electron chi connectivity index (χ3n) is 5.43. The molecule has 1 N–H and O–H groups in total. The number of hydrogen-bond donors (Lipinski definition) is 1. The lowest BCUT2D eigenvalue weighted by Gasteiger charge is -2.23. The first-order chi connectivity index (χ1) is 15.1. The molecule has 0 spiro atoms. The van der Waals surface area contributed by atoms with Crippen molar-refractivity contribution in [2.45, 2.75) is 18.9 Å². The molecule has 2 aliphatic heterocycles. The molecule has 32 heavy (non-hydrogen) atoms. The molecule has 9 nitrogen and oxygen atoms in total. The Morgan fingerprint density at radius 2 is 1.62 bits per heavy atom. The number of nitrogens with zero attached hydrogens (tertiary/aromatic N) is 1. The summed E-state index contributed by atoms with van der Waals surface area (Å²) in [4.78, 5) is 50.5. The van der Waals surface area contributed by atoms with E-state index in [-0.39, 0.29) is 17.1 Å². The van der Waals surface area contributed by atoms with Crippen LogP contribution in [0.15, 0.2) is 48.5 Å². The highest BCUT2D eigenvalue weighted by atomic mass is 32.2. The second-order valence-corrected chi connectivity index (χ2v) is 10.2. The van der Waals surface area contributed by atoms with Crippen LogP contribution in [-0.4, -0.2) is 55.8 Å². The molecule has 2 aromatic rings. The van der Waals surface area contributed by atoms with Gasteiger partial charge in [0.15, 0.2) is 16.4 Å². The molecule has 0 saturated carbocycles. The number of hydrogen-bond acceptors (Lipinski definition) is 7. The van der Waals surface area contributed by atoms with Crippen LogP contribution in [0.3, 0.4) is 0 Å². The lowest BCUT2D eigenvalue weighted by Crippen LogP contribution is -2.48. The molecule has 2 aliphatic rings. The Labute approximate surface area is 184 Å². The van der Waals surface area contributed by atoms with Crippen molar-refractivity contribution in [2.24, 2.45) is 0 Å². The first kappa shape index (κ1) is 21.7. The molecule has 1 fully saturated rings. The van der Waals surface area contributed by atoms with Gasteiger partial charge >= 0.3 is 5.97 Å². The zero-order valence-corrected chi connectivity index (χ0v) is 18.0. The number of anilines is 1. The lowest BCUT2D eigenvalue weighted by molar-refractivity contribution is -0.125. The predicted octanol–water partition coefficient (Wildman–Crippen LogP) is 1.34. The summed E-state index contributed by atoms with van der Waals surface area (Å²) in [5.41, 5.74) is 0.191. The molecule has 0 radical (unpaired) electrons. The summed E-state index contributed by atoms with van der Waals surface area (Å²) in [5.74, 6) is -2.40. The summed E-state index contributed by atoms with van der Waals surface area (Å²) in [6, 6.07) is 12.2. The fraction of sp³-hybridized carbons (Fsp3) is 0.273. The number of sulfone groups is 1. The number of nitrogens with one attached hydrogen (secondary N) is 1. The summed E-state index contributed by atoms with van der Waals surface area (Å²) in [5, 5.41) is 2.61. The van der Waals surface area contributed by atoms with Gasteiger partial charge in [-0.25, -0.2) is 18.1 Å². The number of amides is 3. The molecule has 3 amide bonds. The first-order valence-corrected chi connectivity index (χ1v) is 11.7. The summed E-state index contributed by atoms with van der Waals surface area (Å²) in [6.45, 7) is 1.07. The van der Waals surface area contributed by atoms with Crippen LogP contribution in [0, 0.1) is 0 Å². The maximum atomic E-state index is 12.5. The van der Waals surface area contributed by atoms with Crippen molar-refractivity contribution in [3.63, 3.8) is 0 Å². The molecule has 1 atom stereocenters. The van der Waals surface area contributed by atoms with Gasteiger partial charge in [-0.15, -0.1) is 0 Å². The molecule has 1 saturated heterocycles. The Morgan fingerprint density at radius 3 is 2.16 bits per heavy atom. The molecule has 0 bridgehead atoms. The molecule has 1 unspecified atom stereocenters. The average molecular weight is 456 g/mol. The van der Waals surface area contributed by atoms with E-state index in [9.17, 15) is 27.6 Å². The van der Waals surface area contributed by atoms with Gasteiger partial charge in [0, 0.05) is 0 Å². The topological polar surface area (TPSA) is 127 Å². The van der Waals surface area contributed by atoms with Gasteiger partial charge in [0.2, 0.25) is 0 Å². The van der Waals surface area contributed by atoms with Gasteiger partial charge in [0.05, 0.1) is 39.4 Å². The SMILES string of the molecule is CC1(NC(=O)COC(=O)c2ccc(N3C(=O)c4ccccc4C3=O)cc2)CCS(=O)(=O)C1. The number of imide groups is 1. The van der Waals surface area contributed by atoms with Gasteiger partial charge in [-0.2, -0.15) is 0 Å². The van der Waals surface area contributed by atoms with E-state index in [1.54, 1.807) is 31.2 Å². The molecule has 0 aliphatic carbocycles. The van der Waals surface area contributed by atoms with Crippen LogP contribution in [0.1, 0.15) is 44.4 Å². The van der Waals surface area contributed by atoms with Gasteiger partial charge in [-0.3, -0.25) is 14.4 Å². The van der Waals surface area contributed by atoms with E-state index >= 15 is 0 Å². The van der Waals surface area contributed by atoms with Crippen molar-refractivity contribution >= 4 is 39.2 Å². The fourth-order valence-electron chi connectivity index (χ4n) is 3.87. The molecule has 166 valence electrons. The van der Waals surface area contributed by atoms with Crippen LogP contribution in [0.25, 0.3) is 0 Å². The third kappa shape index (κ3) is 4.13. The average Bonchev–Trinajstić information content (AvgIpc) is 3.18. The maximum Gasteiger partial charge on any atom is 0.338 e. The van der Waals surface area contributed by atoms with Gasteiger partial charge in [-0.1, -0.05) is 12.1 Å². The summed E-state index contributed by atoms with van der Waals surface area (Å²) < 4.78 is 28.3. The van der Waals surface area contributed by atoms with E-state index in [0.717, 1.165) is 4.90 Å². The van der Waals surface area contributed by atoms with Crippen molar-refractivity contribution < 1.29 is 32.3 Å². The number of carbonyl (C=O) groups excluding carboxylic acids is 4. The van der Waals surface area contributed by atoms with Crippen LogP contribution in [0.5, 0.6) is 0 Å². The zero-order valence-electron chi connectivity index (χ0n) is 17.2. The Hall–Kier alpha value is -3.53. The van der Waals surface area contributed by atoms with Gasteiger partial charge in [0.1, 0.15) is 0 Å². The van der Waals surface area contributed by atoms with Crippen molar-refractivity contribution in [3.05, 3.63) is 65.2 Å². The Morgan fingerprint density at radius 1 is 1.03 bits per heavy atom. The first-order valence-electron chi connectivity index (χ1n) is 9.85. The number of rotatable bonds is 5. The Bertz CT molecular complexity index is 1200. The molecule has 0 aromatic heterocycles. The fourth-order valence-corrected chi connectivity index (χ4v) is 5.96. The highest BCUT2D eigenvalue weighted by molar-refractivity contribution is 7.91. The maximum absolute atomic E-state index is 12.5. The minimum atomic E-state index is -3.18. The predicted molar refractivity (Wildman–Crippen MR) is 114 cm³/mol. The van der Waals surface area contributed by atoms with E-state index in [0.29, 0.717) is 23.2 Å². The smallest absolute Gasteiger partial charge is 0.338 e. The highest BCUT2D eigenvalue weighted by Gasteiger charge is 2.39. The van der Waals surface area contributed by atoms with Crippen LogP contribution in [-0.2, 0) is 19.4 Å². The van der Waals surface area contributed by atoms with Crippen molar-refractivity contribution in [1.82, 2.24) is 5.32 Å². The molecular weight excluding hydrogens is 436 g/mol. The minimum absolute atomic E-state index is 0.00300.